The Bertz CT molecular complexity index is 1190. The molecule has 0 radical (unpaired) electrons. The van der Waals surface area contributed by atoms with Crippen molar-refractivity contribution in [1.82, 2.24) is 14.6 Å². The third-order valence-corrected chi connectivity index (χ3v) is 6.26. The zero-order valence-corrected chi connectivity index (χ0v) is 18.9. The van der Waals surface area contributed by atoms with Crippen LogP contribution in [0.25, 0.3) is 10.9 Å². The second kappa shape index (κ2) is 9.32. The van der Waals surface area contributed by atoms with E-state index in [1.165, 1.54) is 12.1 Å². The van der Waals surface area contributed by atoms with Gasteiger partial charge in [-0.3, -0.25) is 9.69 Å². The van der Waals surface area contributed by atoms with Gasteiger partial charge in [0.1, 0.15) is 5.82 Å². The van der Waals surface area contributed by atoms with E-state index in [0.717, 1.165) is 17.7 Å². The van der Waals surface area contributed by atoms with E-state index in [0.29, 0.717) is 60.9 Å². The van der Waals surface area contributed by atoms with Gasteiger partial charge < -0.3 is 10.7 Å². The predicted molar refractivity (Wildman–Crippen MR) is 123 cm³/mol. The van der Waals surface area contributed by atoms with Crippen LogP contribution < -0.4 is 16.3 Å². The van der Waals surface area contributed by atoms with E-state index in [1.54, 1.807) is 22.9 Å². The molecule has 6 nitrogen and oxygen atoms in total. The second-order valence-corrected chi connectivity index (χ2v) is 8.57. The van der Waals surface area contributed by atoms with Crippen molar-refractivity contribution in [2.45, 2.75) is 32.1 Å². The summed E-state index contributed by atoms with van der Waals surface area (Å²) in [7, 11) is 0. The molecule has 0 amide bonds. The topological polar surface area (TPSA) is 67.4 Å². The van der Waals surface area contributed by atoms with Crippen molar-refractivity contribution in [3.05, 3.63) is 74.8 Å². The summed E-state index contributed by atoms with van der Waals surface area (Å²) < 4.78 is 39.9. The highest BCUT2D eigenvalue weighted by molar-refractivity contribution is 6.35. The zero-order valence-electron chi connectivity index (χ0n) is 18.1. The van der Waals surface area contributed by atoms with Crippen LogP contribution in [0, 0.1) is 0 Å². The first-order valence-corrected chi connectivity index (χ1v) is 11.2. The number of alkyl halides is 3. The van der Waals surface area contributed by atoms with E-state index < -0.39 is 17.8 Å². The highest BCUT2D eigenvalue weighted by Gasteiger charge is 2.30. The maximum atomic E-state index is 13.4. The summed E-state index contributed by atoms with van der Waals surface area (Å²) >= 11 is 6.31. The van der Waals surface area contributed by atoms with Crippen molar-refractivity contribution in [2.75, 3.05) is 31.2 Å². The lowest BCUT2D eigenvalue weighted by molar-refractivity contribution is -0.137. The van der Waals surface area contributed by atoms with Gasteiger partial charge in [-0.15, -0.1) is 0 Å². The molecule has 1 aliphatic heterocycles. The molecule has 1 fully saturated rings. The third-order valence-electron chi connectivity index (χ3n) is 5.94. The van der Waals surface area contributed by atoms with Crippen LogP contribution >= 0.6 is 11.6 Å². The molecular weight excluding hydrogens is 455 g/mol. The summed E-state index contributed by atoms with van der Waals surface area (Å²) in [5, 5.41) is 2.63. The first-order valence-electron chi connectivity index (χ1n) is 10.8. The zero-order chi connectivity index (χ0) is 23.8. The van der Waals surface area contributed by atoms with Gasteiger partial charge in [0.05, 0.1) is 27.5 Å². The molecule has 33 heavy (non-hydrogen) atoms. The number of hydrogen-bond acceptors (Lipinski definition) is 5. The molecule has 10 heteroatoms. The average Bonchev–Trinajstić information content (AvgIpc) is 2.79. The summed E-state index contributed by atoms with van der Waals surface area (Å²) in [6, 6.07) is 9.98. The Balaban J connectivity index is 1.55. The number of piperazine rings is 1. The molecule has 0 spiro atoms. The van der Waals surface area contributed by atoms with Gasteiger partial charge >= 0.3 is 6.18 Å². The Morgan fingerprint density at radius 3 is 2.36 bits per heavy atom. The lowest BCUT2D eigenvalue weighted by Crippen LogP contribution is -2.55. The Morgan fingerprint density at radius 2 is 1.76 bits per heavy atom. The molecule has 1 aliphatic rings. The van der Waals surface area contributed by atoms with Crippen LogP contribution in [-0.2, 0) is 12.7 Å². The fourth-order valence-corrected chi connectivity index (χ4v) is 4.30. The summed E-state index contributed by atoms with van der Waals surface area (Å²) in [5.74, 6) is 0.494. The number of nitrogens with zero attached hydrogens (tertiary/aromatic N) is 4. The molecular formula is C23H25ClF3N5O. The van der Waals surface area contributed by atoms with E-state index in [2.05, 4.69) is 9.88 Å². The second-order valence-electron chi connectivity index (χ2n) is 8.16. The van der Waals surface area contributed by atoms with E-state index >= 15 is 0 Å². The van der Waals surface area contributed by atoms with Crippen LogP contribution in [0.15, 0.2) is 47.3 Å². The smallest absolute Gasteiger partial charge is 0.321 e. The molecule has 2 aromatic carbocycles. The third kappa shape index (κ3) is 4.85. The Morgan fingerprint density at radius 1 is 1.09 bits per heavy atom. The van der Waals surface area contributed by atoms with Crippen molar-refractivity contribution in [2.24, 2.45) is 5.73 Å². The predicted octanol–water partition coefficient (Wildman–Crippen LogP) is 3.93. The van der Waals surface area contributed by atoms with Crippen molar-refractivity contribution >= 4 is 22.5 Å². The minimum absolute atomic E-state index is 0.249. The Hall–Kier alpha value is -2.62. The van der Waals surface area contributed by atoms with Crippen LogP contribution in [0.5, 0.6) is 0 Å². The fraction of sp³-hybridized carbons (Fsp3) is 0.391. The SMILES string of the molecule is CCC(N)c1nc2cccc(Cl)c2c(=O)n1N1CCN(Cc2ccc(C(F)(F)F)cc2)CC1. The maximum Gasteiger partial charge on any atom is 0.416 e. The number of nitrogens with two attached hydrogens (primary N) is 1. The van der Waals surface area contributed by atoms with Crippen molar-refractivity contribution < 1.29 is 13.2 Å². The Kier molecular flexibility index (Phi) is 6.65. The largest absolute Gasteiger partial charge is 0.416 e. The van der Waals surface area contributed by atoms with Gasteiger partial charge in [0.25, 0.3) is 5.56 Å². The van der Waals surface area contributed by atoms with Gasteiger partial charge in [-0.25, -0.2) is 9.66 Å². The number of hydrogen-bond donors (Lipinski definition) is 1. The lowest BCUT2D eigenvalue weighted by Gasteiger charge is -2.38. The van der Waals surface area contributed by atoms with Gasteiger partial charge in [-0.05, 0) is 36.2 Å². The van der Waals surface area contributed by atoms with Gasteiger partial charge in [-0.2, -0.15) is 13.2 Å². The first-order chi connectivity index (χ1) is 15.7. The maximum absolute atomic E-state index is 13.4. The molecule has 0 saturated carbocycles. The summed E-state index contributed by atoms with van der Waals surface area (Å²) in [5.41, 5.74) is 6.72. The number of fused-ring (bicyclic) bond motifs is 1. The highest BCUT2D eigenvalue weighted by atomic mass is 35.5. The Labute approximate surface area is 194 Å². The molecule has 3 aromatic rings. The monoisotopic (exact) mass is 479 g/mol. The van der Waals surface area contributed by atoms with Gasteiger partial charge in [0, 0.05) is 32.7 Å². The first kappa shape index (κ1) is 23.5. The molecule has 1 unspecified atom stereocenters. The van der Waals surface area contributed by atoms with E-state index in [9.17, 15) is 18.0 Å². The van der Waals surface area contributed by atoms with E-state index in [4.69, 9.17) is 17.3 Å². The molecule has 2 heterocycles. The van der Waals surface area contributed by atoms with Crippen molar-refractivity contribution in [3.63, 3.8) is 0 Å². The highest BCUT2D eigenvalue weighted by Crippen LogP contribution is 2.29. The molecule has 1 saturated heterocycles. The molecule has 176 valence electrons. The average molecular weight is 480 g/mol. The van der Waals surface area contributed by atoms with Crippen molar-refractivity contribution in [3.8, 4) is 0 Å². The standard InChI is InChI=1S/C23H25ClF3N5O/c1-2-18(28)21-29-19-5-3-4-17(24)20(19)22(33)32(21)31-12-10-30(11-13-31)14-15-6-8-16(9-7-15)23(25,26)27/h3-9,18H,2,10-14,28H2,1H3. The van der Waals surface area contributed by atoms with Gasteiger partial charge in [0.2, 0.25) is 0 Å². The van der Waals surface area contributed by atoms with Crippen LogP contribution in [0.2, 0.25) is 5.02 Å². The van der Waals surface area contributed by atoms with Crippen LogP contribution in [0.4, 0.5) is 13.2 Å². The number of halogens is 4. The molecule has 4 rings (SSSR count). The molecule has 1 atom stereocenters. The lowest BCUT2D eigenvalue weighted by atomic mass is 10.1. The molecule has 2 N–H and O–H groups in total. The van der Waals surface area contributed by atoms with Gasteiger partial charge in [-0.1, -0.05) is 36.7 Å². The summed E-state index contributed by atoms with van der Waals surface area (Å²) in [4.78, 5) is 20.2. The van der Waals surface area contributed by atoms with Gasteiger partial charge in [0.15, 0.2) is 0 Å². The fourth-order valence-electron chi connectivity index (χ4n) is 4.05. The summed E-state index contributed by atoms with van der Waals surface area (Å²) in [6.45, 7) is 4.82. The quantitative estimate of drug-likeness (QED) is 0.600. The number of aromatic nitrogens is 2. The summed E-state index contributed by atoms with van der Waals surface area (Å²) in [6.07, 6.45) is -3.72. The minimum atomic E-state index is -4.34. The van der Waals surface area contributed by atoms with Crippen molar-refractivity contribution in [1.29, 1.82) is 0 Å². The number of rotatable bonds is 5. The minimum Gasteiger partial charge on any atom is -0.321 e. The van der Waals surface area contributed by atoms with E-state index in [-0.39, 0.29) is 5.56 Å². The molecule has 1 aromatic heterocycles. The van der Waals surface area contributed by atoms with Crippen LogP contribution in [0.1, 0.15) is 36.3 Å². The number of benzene rings is 2. The van der Waals surface area contributed by atoms with E-state index in [1.807, 2.05) is 11.9 Å². The van der Waals surface area contributed by atoms with Crippen LogP contribution in [0.3, 0.4) is 0 Å². The molecule has 0 bridgehead atoms. The normalized spacial score (nSPS) is 16.4. The van der Waals surface area contributed by atoms with Crippen LogP contribution in [-0.4, -0.2) is 40.7 Å². The molecule has 0 aliphatic carbocycles.